The highest BCUT2D eigenvalue weighted by atomic mass is 15.4. The number of hydrogen-bond donors (Lipinski definition) is 1. The van der Waals surface area contributed by atoms with E-state index in [0.29, 0.717) is 6.04 Å². The summed E-state index contributed by atoms with van der Waals surface area (Å²) in [6, 6.07) is 2.92. The van der Waals surface area contributed by atoms with Crippen LogP contribution in [0.3, 0.4) is 0 Å². The van der Waals surface area contributed by atoms with Gasteiger partial charge in [0.1, 0.15) is 5.82 Å². The Morgan fingerprint density at radius 1 is 1.47 bits per heavy atom. The maximum atomic E-state index is 4.74. The topological polar surface area (TPSA) is 29.9 Å². The van der Waals surface area contributed by atoms with Crippen molar-refractivity contribution in [2.75, 3.05) is 11.9 Å². The average molecular weight is 205 g/mol. The molecule has 1 aromatic heterocycles. The predicted octanol–water partition coefficient (Wildman–Crippen LogP) is 2.60. The summed E-state index contributed by atoms with van der Waals surface area (Å²) < 4.78 is 2.26. The van der Waals surface area contributed by atoms with Crippen molar-refractivity contribution in [3.63, 3.8) is 0 Å². The summed E-state index contributed by atoms with van der Waals surface area (Å²) in [5, 5.41) is 8.19. The zero-order valence-corrected chi connectivity index (χ0v) is 9.37. The van der Waals surface area contributed by atoms with Crippen molar-refractivity contribution < 1.29 is 0 Å². The molecule has 1 fully saturated rings. The van der Waals surface area contributed by atoms with E-state index in [1.54, 1.807) is 0 Å². The Kier molecular flexibility index (Phi) is 2.19. The van der Waals surface area contributed by atoms with E-state index < -0.39 is 0 Å². The number of rotatable bonds is 3. The van der Waals surface area contributed by atoms with Crippen LogP contribution >= 0.6 is 0 Å². The second-order valence-electron chi connectivity index (χ2n) is 4.84. The van der Waals surface area contributed by atoms with Crippen LogP contribution in [-0.4, -0.2) is 16.3 Å². The molecular formula is C12H19N3. The molecule has 0 bridgehead atoms. The fraction of sp³-hybridized carbons (Fsp3) is 0.750. The van der Waals surface area contributed by atoms with Crippen LogP contribution in [0.2, 0.25) is 0 Å². The Morgan fingerprint density at radius 2 is 2.33 bits per heavy atom. The third-order valence-electron chi connectivity index (χ3n) is 3.52. The molecule has 3 nitrogen and oxygen atoms in total. The summed E-state index contributed by atoms with van der Waals surface area (Å²) in [7, 11) is 0. The number of anilines is 1. The van der Waals surface area contributed by atoms with Gasteiger partial charge in [0, 0.05) is 12.6 Å². The van der Waals surface area contributed by atoms with Crippen molar-refractivity contribution in [1.82, 2.24) is 9.78 Å². The lowest BCUT2D eigenvalue weighted by atomic mass is 10.1. The number of aryl methyl sites for hydroxylation is 1. The van der Waals surface area contributed by atoms with Gasteiger partial charge in [0.2, 0.25) is 0 Å². The Morgan fingerprint density at radius 3 is 3.07 bits per heavy atom. The first-order chi connectivity index (χ1) is 7.38. The number of nitrogens with zero attached hydrogens (tertiary/aromatic N) is 2. The average Bonchev–Trinajstić information content (AvgIpc) is 2.98. The molecule has 0 spiro atoms. The summed E-state index contributed by atoms with van der Waals surface area (Å²) in [6.07, 6.45) is 6.37. The van der Waals surface area contributed by atoms with E-state index in [1.165, 1.54) is 37.2 Å². The van der Waals surface area contributed by atoms with Crippen LogP contribution in [0.1, 0.15) is 44.3 Å². The number of aromatic nitrogens is 2. The molecule has 2 aliphatic rings. The predicted molar refractivity (Wildman–Crippen MR) is 61.1 cm³/mol. The lowest BCUT2D eigenvalue weighted by molar-refractivity contribution is 0.373. The molecular weight excluding hydrogens is 186 g/mol. The third kappa shape index (κ3) is 1.64. The Labute approximate surface area is 90.9 Å². The van der Waals surface area contributed by atoms with Gasteiger partial charge in [-0.1, -0.05) is 13.3 Å². The van der Waals surface area contributed by atoms with Crippen LogP contribution in [0.5, 0.6) is 0 Å². The molecule has 15 heavy (non-hydrogen) atoms. The van der Waals surface area contributed by atoms with Gasteiger partial charge in [0.05, 0.1) is 11.7 Å². The van der Waals surface area contributed by atoms with Crippen LogP contribution in [0.25, 0.3) is 0 Å². The maximum absolute atomic E-state index is 4.74. The minimum absolute atomic E-state index is 0.687. The molecule has 1 aliphatic carbocycles. The van der Waals surface area contributed by atoms with E-state index in [2.05, 4.69) is 23.0 Å². The molecule has 1 saturated carbocycles. The van der Waals surface area contributed by atoms with E-state index in [-0.39, 0.29) is 0 Å². The highest BCUT2D eigenvalue weighted by Gasteiger charge is 2.35. The fourth-order valence-corrected chi connectivity index (χ4v) is 2.60. The largest absolute Gasteiger partial charge is 0.370 e. The molecule has 1 N–H and O–H groups in total. The molecule has 0 amide bonds. The SMILES string of the molecule is CCCc1cc2n(n1)C(C1CC1)CCN2. The van der Waals surface area contributed by atoms with Crippen molar-refractivity contribution in [2.45, 2.75) is 45.1 Å². The van der Waals surface area contributed by atoms with Crippen LogP contribution in [-0.2, 0) is 6.42 Å². The first kappa shape index (κ1) is 9.25. The molecule has 1 atom stereocenters. The number of fused-ring (bicyclic) bond motifs is 1. The van der Waals surface area contributed by atoms with Gasteiger partial charge in [-0.15, -0.1) is 0 Å². The molecule has 3 heteroatoms. The van der Waals surface area contributed by atoms with Crippen molar-refractivity contribution >= 4 is 5.82 Å². The van der Waals surface area contributed by atoms with Gasteiger partial charge in [-0.05, 0) is 31.6 Å². The summed E-state index contributed by atoms with van der Waals surface area (Å²) in [5.74, 6) is 2.17. The molecule has 82 valence electrons. The standard InChI is InChI=1S/C12H19N3/c1-2-3-10-8-12-13-7-6-11(9-4-5-9)15(12)14-10/h8-9,11,13H,2-7H2,1H3. The monoisotopic (exact) mass is 205 g/mol. The summed E-state index contributed by atoms with van der Waals surface area (Å²) in [6.45, 7) is 3.34. The number of nitrogens with one attached hydrogen (secondary N) is 1. The van der Waals surface area contributed by atoms with E-state index in [9.17, 15) is 0 Å². The minimum Gasteiger partial charge on any atom is -0.370 e. The van der Waals surface area contributed by atoms with Crippen LogP contribution in [0.4, 0.5) is 5.82 Å². The quantitative estimate of drug-likeness (QED) is 0.822. The number of hydrogen-bond acceptors (Lipinski definition) is 2. The zero-order valence-electron chi connectivity index (χ0n) is 9.37. The third-order valence-corrected chi connectivity index (χ3v) is 3.52. The van der Waals surface area contributed by atoms with Gasteiger partial charge in [0.25, 0.3) is 0 Å². The molecule has 0 saturated heterocycles. The Bertz CT molecular complexity index is 352. The minimum atomic E-state index is 0.687. The molecule has 3 rings (SSSR count). The highest BCUT2D eigenvalue weighted by Crippen LogP contribution is 2.43. The summed E-state index contributed by atoms with van der Waals surface area (Å²) in [4.78, 5) is 0. The summed E-state index contributed by atoms with van der Waals surface area (Å²) in [5.41, 5.74) is 1.26. The van der Waals surface area contributed by atoms with E-state index in [1.807, 2.05) is 0 Å². The second-order valence-corrected chi connectivity index (χ2v) is 4.84. The van der Waals surface area contributed by atoms with Crippen LogP contribution < -0.4 is 5.32 Å². The normalized spacial score (nSPS) is 24.7. The molecule has 0 aromatic carbocycles. The van der Waals surface area contributed by atoms with E-state index in [0.717, 1.165) is 18.9 Å². The van der Waals surface area contributed by atoms with Gasteiger partial charge in [0.15, 0.2) is 0 Å². The molecule has 2 heterocycles. The Balaban J connectivity index is 1.88. The van der Waals surface area contributed by atoms with Gasteiger partial charge in [-0.2, -0.15) is 5.10 Å². The van der Waals surface area contributed by atoms with Crippen molar-refractivity contribution in [2.24, 2.45) is 5.92 Å². The fourth-order valence-electron chi connectivity index (χ4n) is 2.60. The Hall–Kier alpha value is -0.990. The maximum Gasteiger partial charge on any atom is 0.124 e. The smallest absolute Gasteiger partial charge is 0.124 e. The second kappa shape index (κ2) is 3.54. The molecule has 1 aliphatic heterocycles. The summed E-state index contributed by atoms with van der Waals surface area (Å²) >= 11 is 0. The van der Waals surface area contributed by atoms with Crippen LogP contribution in [0.15, 0.2) is 6.07 Å². The van der Waals surface area contributed by atoms with E-state index >= 15 is 0 Å². The van der Waals surface area contributed by atoms with Gasteiger partial charge >= 0.3 is 0 Å². The lowest BCUT2D eigenvalue weighted by Gasteiger charge is -2.25. The van der Waals surface area contributed by atoms with Gasteiger partial charge in [-0.25, -0.2) is 4.68 Å². The van der Waals surface area contributed by atoms with Crippen LogP contribution in [0, 0.1) is 5.92 Å². The molecule has 0 radical (unpaired) electrons. The van der Waals surface area contributed by atoms with E-state index in [4.69, 9.17) is 5.10 Å². The van der Waals surface area contributed by atoms with Crippen molar-refractivity contribution in [1.29, 1.82) is 0 Å². The lowest BCUT2D eigenvalue weighted by Crippen LogP contribution is -2.24. The zero-order chi connectivity index (χ0) is 10.3. The first-order valence-corrected chi connectivity index (χ1v) is 6.21. The first-order valence-electron chi connectivity index (χ1n) is 6.21. The highest BCUT2D eigenvalue weighted by molar-refractivity contribution is 5.39. The van der Waals surface area contributed by atoms with Gasteiger partial charge in [-0.3, -0.25) is 0 Å². The van der Waals surface area contributed by atoms with Gasteiger partial charge < -0.3 is 5.32 Å². The van der Waals surface area contributed by atoms with Crippen molar-refractivity contribution in [3.8, 4) is 0 Å². The molecule has 1 unspecified atom stereocenters. The van der Waals surface area contributed by atoms with Crippen molar-refractivity contribution in [3.05, 3.63) is 11.8 Å². The molecule has 1 aromatic rings.